The molecule has 0 amide bonds. The lowest BCUT2D eigenvalue weighted by Gasteiger charge is -2.28. The maximum Gasteiger partial charge on any atom is 0.289 e. The molecule has 158 valence electrons. The van der Waals surface area contributed by atoms with Crippen molar-refractivity contribution in [1.82, 2.24) is 9.62 Å². The number of benzene rings is 2. The van der Waals surface area contributed by atoms with Crippen LogP contribution in [0.3, 0.4) is 0 Å². The summed E-state index contributed by atoms with van der Waals surface area (Å²) in [6.07, 6.45) is 3.67. The Balaban J connectivity index is 0.00000300. The molecule has 0 aromatic heterocycles. The van der Waals surface area contributed by atoms with Crippen LogP contribution >= 0.6 is 12.4 Å². The second-order valence-electron chi connectivity index (χ2n) is 6.98. The number of nitro groups is 1. The summed E-state index contributed by atoms with van der Waals surface area (Å²) in [6, 6.07) is 13.9. The van der Waals surface area contributed by atoms with Crippen LogP contribution < -0.4 is 4.72 Å². The SMILES string of the molecule is Cl.O=[N+]([O-])c1ccccc1S(=O)(=O)NCCCCCN1CCc2ccccc2C1. The summed E-state index contributed by atoms with van der Waals surface area (Å²) in [7, 11) is -3.88. The zero-order valence-corrected chi connectivity index (χ0v) is 17.8. The lowest BCUT2D eigenvalue weighted by Crippen LogP contribution is -2.31. The molecule has 0 unspecified atom stereocenters. The van der Waals surface area contributed by atoms with Crippen LogP contribution in [-0.2, 0) is 23.0 Å². The summed E-state index contributed by atoms with van der Waals surface area (Å²) in [5.74, 6) is 0. The van der Waals surface area contributed by atoms with Gasteiger partial charge in [0.1, 0.15) is 0 Å². The molecule has 1 N–H and O–H groups in total. The predicted molar refractivity (Wildman–Crippen MR) is 115 cm³/mol. The molecule has 9 heteroatoms. The van der Waals surface area contributed by atoms with Crippen molar-refractivity contribution >= 4 is 28.1 Å². The third-order valence-electron chi connectivity index (χ3n) is 5.00. The molecule has 0 fully saturated rings. The molecule has 7 nitrogen and oxygen atoms in total. The van der Waals surface area contributed by atoms with E-state index in [1.165, 1.54) is 35.4 Å². The summed E-state index contributed by atoms with van der Waals surface area (Å²) in [5.41, 5.74) is 2.43. The summed E-state index contributed by atoms with van der Waals surface area (Å²) in [6.45, 7) is 3.30. The molecular formula is C20H26ClN3O4S. The van der Waals surface area contributed by atoms with Crippen molar-refractivity contribution in [3.05, 3.63) is 69.8 Å². The van der Waals surface area contributed by atoms with E-state index in [1.807, 2.05) is 0 Å². The first-order chi connectivity index (χ1) is 13.5. The van der Waals surface area contributed by atoms with E-state index in [0.717, 1.165) is 38.9 Å². The number of fused-ring (bicyclic) bond motifs is 1. The number of hydrogen-bond donors (Lipinski definition) is 1. The second-order valence-corrected chi connectivity index (χ2v) is 8.71. The number of unbranched alkanes of at least 4 members (excludes halogenated alkanes) is 2. The average molecular weight is 440 g/mol. The zero-order chi connectivity index (χ0) is 20.0. The maximum atomic E-state index is 12.3. The second kappa shape index (κ2) is 10.7. The van der Waals surface area contributed by atoms with Crippen LogP contribution in [0.2, 0.25) is 0 Å². The van der Waals surface area contributed by atoms with E-state index in [0.29, 0.717) is 6.42 Å². The van der Waals surface area contributed by atoms with Crippen molar-refractivity contribution in [2.45, 2.75) is 37.1 Å². The molecule has 0 saturated heterocycles. The molecule has 0 bridgehead atoms. The van der Waals surface area contributed by atoms with Gasteiger partial charge in [-0.1, -0.05) is 42.8 Å². The van der Waals surface area contributed by atoms with Crippen molar-refractivity contribution in [1.29, 1.82) is 0 Å². The van der Waals surface area contributed by atoms with Crippen LogP contribution in [0, 0.1) is 10.1 Å². The maximum absolute atomic E-state index is 12.3. The highest BCUT2D eigenvalue weighted by molar-refractivity contribution is 7.89. The van der Waals surface area contributed by atoms with Gasteiger partial charge in [0.05, 0.1) is 4.92 Å². The normalized spacial score (nSPS) is 14.1. The number of rotatable bonds is 9. The quantitative estimate of drug-likeness (QED) is 0.366. The summed E-state index contributed by atoms with van der Waals surface area (Å²) >= 11 is 0. The van der Waals surface area contributed by atoms with Gasteiger partial charge >= 0.3 is 0 Å². The fourth-order valence-corrected chi connectivity index (χ4v) is 4.75. The van der Waals surface area contributed by atoms with E-state index >= 15 is 0 Å². The zero-order valence-electron chi connectivity index (χ0n) is 16.1. The summed E-state index contributed by atoms with van der Waals surface area (Å²) in [5, 5.41) is 11.0. The molecule has 0 spiro atoms. The number of nitrogens with one attached hydrogen (secondary N) is 1. The van der Waals surface area contributed by atoms with Crippen LogP contribution in [0.15, 0.2) is 53.4 Å². The lowest BCUT2D eigenvalue weighted by molar-refractivity contribution is -0.387. The Morgan fingerprint density at radius 3 is 2.45 bits per heavy atom. The van der Waals surface area contributed by atoms with E-state index in [1.54, 1.807) is 0 Å². The Labute approximate surface area is 177 Å². The molecule has 0 saturated carbocycles. The standard InChI is InChI=1S/C20H25N3O4S.ClH/c24-23(25)19-10-4-5-11-20(19)28(26,27)21-13-6-1-7-14-22-15-12-17-8-2-3-9-18(17)16-22;/h2-5,8-11,21H,1,6-7,12-16H2;1H. The highest BCUT2D eigenvalue weighted by Gasteiger charge is 2.24. The number of para-hydroxylation sites is 1. The lowest BCUT2D eigenvalue weighted by atomic mass is 10.00. The van der Waals surface area contributed by atoms with Crippen molar-refractivity contribution in [2.24, 2.45) is 0 Å². The van der Waals surface area contributed by atoms with Crippen LogP contribution in [-0.4, -0.2) is 37.9 Å². The number of halogens is 1. The van der Waals surface area contributed by atoms with Crippen LogP contribution in [0.25, 0.3) is 0 Å². The molecule has 0 aliphatic carbocycles. The molecule has 0 atom stereocenters. The van der Waals surface area contributed by atoms with E-state index in [4.69, 9.17) is 0 Å². The van der Waals surface area contributed by atoms with Gasteiger partial charge in [0.25, 0.3) is 5.69 Å². The van der Waals surface area contributed by atoms with Gasteiger partial charge in [-0.3, -0.25) is 15.0 Å². The topological polar surface area (TPSA) is 92.5 Å². The van der Waals surface area contributed by atoms with E-state index < -0.39 is 20.6 Å². The highest BCUT2D eigenvalue weighted by Crippen LogP contribution is 2.22. The van der Waals surface area contributed by atoms with Gasteiger partial charge < -0.3 is 0 Å². The van der Waals surface area contributed by atoms with Crippen LogP contribution in [0.1, 0.15) is 30.4 Å². The number of nitrogens with zero attached hydrogens (tertiary/aromatic N) is 2. The van der Waals surface area contributed by atoms with Gasteiger partial charge in [-0.15, -0.1) is 12.4 Å². The van der Waals surface area contributed by atoms with Gasteiger partial charge in [0.2, 0.25) is 10.0 Å². The Morgan fingerprint density at radius 2 is 1.69 bits per heavy atom. The molecule has 2 aromatic carbocycles. The molecule has 0 radical (unpaired) electrons. The molecule has 29 heavy (non-hydrogen) atoms. The first-order valence-electron chi connectivity index (χ1n) is 9.49. The minimum absolute atomic E-state index is 0. The van der Waals surface area contributed by atoms with Crippen molar-refractivity contribution in [3.8, 4) is 0 Å². The first kappa shape index (κ1) is 23.3. The smallest absolute Gasteiger partial charge is 0.289 e. The van der Waals surface area contributed by atoms with Gasteiger partial charge in [0.15, 0.2) is 4.90 Å². The minimum atomic E-state index is -3.88. The summed E-state index contributed by atoms with van der Waals surface area (Å²) in [4.78, 5) is 12.5. The van der Waals surface area contributed by atoms with Gasteiger partial charge in [-0.2, -0.15) is 0 Å². The van der Waals surface area contributed by atoms with Crippen molar-refractivity contribution in [3.63, 3.8) is 0 Å². The van der Waals surface area contributed by atoms with Crippen molar-refractivity contribution < 1.29 is 13.3 Å². The third kappa shape index (κ3) is 6.24. The van der Waals surface area contributed by atoms with Gasteiger partial charge in [-0.05, 0) is 43.0 Å². The van der Waals surface area contributed by atoms with Crippen LogP contribution in [0.5, 0.6) is 0 Å². The third-order valence-corrected chi connectivity index (χ3v) is 6.51. The van der Waals surface area contributed by atoms with Crippen LogP contribution in [0.4, 0.5) is 5.69 Å². The Morgan fingerprint density at radius 1 is 1.00 bits per heavy atom. The number of hydrogen-bond acceptors (Lipinski definition) is 5. The highest BCUT2D eigenvalue weighted by atomic mass is 35.5. The summed E-state index contributed by atoms with van der Waals surface area (Å²) < 4.78 is 27.1. The Bertz CT molecular complexity index is 937. The molecule has 1 aliphatic rings. The fourth-order valence-electron chi connectivity index (χ4n) is 3.50. The molecule has 3 rings (SSSR count). The molecule has 2 aromatic rings. The van der Waals surface area contributed by atoms with E-state index in [2.05, 4.69) is 33.9 Å². The van der Waals surface area contributed by atoms with E-state index in [9.17, 15) is 18.5 Å². The Hall–Kier alpha value is -2.00. The number of sulfonamides is 1. The average Bonchev–Trinajstić information content (AvgIpc) is 2.70. The fraction of sp³-hybridized carbons (Fsp3) is 0.400. The monoisotopic (exact) mass is 439 g/mol. The largest absolute Gasteiger partial charge is 0.299 e. The van der Waals surface area contributed by atoms with Gasteiger partial charge in [0, 0.05) is 25.7 Å². The Kier molecular flexibility index (Phi) is 8.58. The first-order valence-corrected chi connectivity index (χ1v) is 11.0. The molecular weight excluding hydrogens is 414 g/mol. The van der Waals surface area contributed by atoms with E-state index in [-0.39, 0.29) is 23.8 Å². The van der Waals surface area contributed by atoms with Gasteiger partial charge in [-0.25, -0.2) is 13.1 Å². The molecule has 1 heterocycles. The number of nitro benzene ring substituents is 1. The predicted octanol–water partition coefficient (Wildman–Crippen LogP) is 3.52. The van der Waals surface area contributed by atoms with Crippen molar-refractivity contribution in [2.75, 3.05) is 19.6 Å². The minimum Gasteiger partial charge on any atom is -0.299 e. The molecule has 1 aliphatic heterocycles.